The Labute approximate surface area is 83.8 Å². The van der Waals surface area contributed by atoms with Gasteiger partial charge in [-0.05, 0) is 15.9 Å². The Morgan fingerprint density at radius 1 is 1.31 bits per heavy atom. The van der Waals surface area contributed by atoms with E-state index in [0.717, 1.165) is 0 Å². The third-order valence-corrected chi connectivity index (χ3v) is 3.01. The number of hydrogen-bond acceptors (Lipinski definition) is 2. The van der Waals surface area contributed by atoms with Gasteiger partial charge in [0, 0.05) is 32.6 Å². The zero-order chi connectivity index (χ0) is 10.1. The number of halogens is 3. The maximum atomic E-state index is 12.7. The average molecular weight is 257 g/mol. The lowest BCUT2D eigenvalue weighted by Gasteiger charge is -2.34. The topological polar surface area (TPSA) is 26.3 Å². The minimum Gasteiger partial charge on any atom is -0.448 e. The van der Waals surface area contributed by atoms with Gasteiger partial charge in [-0.2, -0.15) is 0 Å². The van der Waals surface area contributed by atoms with Crippen molar-refractivity contribution in [1.82, 2.24) is 0 Å². The molecule has 76 valence electrons. The molecule has 2 nitrogen and oxygen atoms in total. The van der Waals surface area contributed by atoms with Crippen LogP contribution >= 0.6 is 15.9 Å². The highest BCUT2D eigenvalue weighted by Gasteiger charge is 2.43. The highest BCUT2D eigenvalue weighted by Crippen LogP contribution is 2.43. The van der Waals surface area contributed by atoms with Gasteiger partial charge in [-0.3, -0.25) is 4.79 Å². The van der Waals surface area contributed by atoms with E-state index in [0.29, 0.717) is 0 Å². The summed E-state index contributed by atoms with van der Waals surface area (Å²) in [5.74, 6) is -3.04. The molecule has 1 aliphatic carbocycles. The van der Waals surface area contributed by atoms with Crippen molar-refractivity contribution in [2.24, 2.45) is 0 Å². The van der Waals surface area contributed by atoms with Crippen molar-refractivity contribution in [2.75, 3.05) is 0 Å². The number of alkyl halides is 3. The molecule has 0 spiro atoms. The molecule has 0 unspecified atom stereocenters. The molecule has 0 heterocycles. The predicted molar refractivity (Wildman–Crippen MR) is 46.8 cm³/mol. The van der Waals surface area contributed by atoms with Crippen LogP contribution < -0.4 is 0 Å². The van der Waals surface area contributed by atoms with Crippen LogP contribution in [0.5, 0.6) is 0 Å². The fraction of sp³-hybridized carbons (Fsp3) is 0.875. The highest BCUT2D eigenvalue weighted by molar-refractivity contribution is 9.10. The number of hydrogen-bond donors (Lipinski definition) is 0. The van der Waals surface area contributed by atoms with E-state index in [4.69, 9.17) is 4.74 Å². The minimum atomic E-state index is -2.60. The summed E-state index contributed by atoms with van der Waals surface area (Å²) in [6.45, 7) is 1.27. The number of rotatable bonds is 1. The summed E-state index contributed by atoms with van der Waals surface area (Å²) in [5.41, 5.74) is 0. The number of carbonyl (C=O) groups is 1. The first-order chi connectivity index (χ1) is 5.83. The van der Waals surface area contributed by atoms with E-state index in [9.17, 15) is 13.6 Å². The molecule has 1 rings (SSSR count). The lowest BCUT2D eigenvalue weighted by atomic mass is 9.94. The van der Waals surface area contributed by atoms with Crippen molar-refractivity contribution in [3.8, 4) is 0 Å². The summed E-state index contributed by atoms with van der Waals surface area (Å²) in [6.07, 6.45) is -0.129. The van der Waals surface area contributed by atoms with Crippen LogP contribution in [0.25, 0.3) is 0 Å². The Kier molecular flexibility index (Phi) is 2.95. The summed E-state index contributed by atoms with van der Waals surface area (Å²) < 4.78 is 29.5. The molecule has 0 aromatic carbocycles. The molecule has 1 fully saturated rings. The summed E-state index contributed by atoms with van der Waals surface area (Å²) in [7, 11) is 0. The zero-order valence-electron chi connectivity index (χ0n) is 7.28. The Balaban J connectivity index is 2.51. The van der Waals surface area contributed by atoms with Crippen LogP contribution in [0.15, 0.2) is 0 Å². The summed E-state index contributed by atoms with van der Waals surface area (Å²) in [6, 6.07) is 0. The first-order valence-corrected chi connectivity index (χ1v) is 4.89. The minimum absolute atomic E-state index is 0.166. The molecule has 0 aromatic rings. The van der Waals surface area contributed by atoms with Crippen molar-refractivity contribution in [3.63, 3.8) is 0 Å². The quantitative estimate of drug-likeness (QED) is 0.533. The molecule has 0 radical (unpaired) electrons. The van der Waals surface area contributed by atoms with Crippen LogP contribution in [0.3, 0.4) is 0 Å². The van der Waals surface area contributed by atoms with Crippen molar-refractivity contribution < 1.29 is 18.3 Å². The van der Waals surface area contributed by atoms with Gasteiger partial charge in [0.05, 0.1) is 0 Å². The van der Waals surface area contributed by atoms with Gasteiger partial charge in [0.15, 0.2) is 4.51 Å². The van der Waals surface area contributed by atoms with Gasteiger partial charge in [0.2, 0.25) is 5.92 Å². The lowest BCUT2D eigenvalue weighted by Crippen LogP contribution is -2.37. The van der Waals surface area contributed by atoms with Crippen molar-refractivity contribution in [2.45, 2.75) is 43.0 Å². The third kappa shape index (κ3) is 3.21. The smallest absolute Gasteiger partial charge is 0.304 e. The molecular formula is C8H11BrF2O2. The zero-order valence-corrected chi connectivity index (χ0v) is 8.86. The van der Waals surface area contributed by atoms with Crippen LogP contribution in [0, 0.1) is 0 Å². The molecule has 13 heavy (non-hydrogen) atoms. The predicted octanol–water partition coefficient (Wildman–Crippen LogP) is 2.85. The van der Waals surface area contributed by atoms with E-state index in [1.165, 1.54) is 6.92 Å². The highest BCUT2D eigenvalue weighted by atomic mass is 79.9. The molecule has 0 N–H and O–H groups in total. The maximum Gasteiger partial charge on any atom is 0.304 e. The van der Waals surface area contributed by atoms with E-state index >= 15 is 0 Å². The van der Waals surface area contributed by atoms with E-state index in [1.54, 1.807) is 0 Å². The van der Waals surface area contributed by atoms with Gasteiger partial charge in [-0.25, -0.2) is 8.78 Å². The Bertz CT molecular complexity index is 208. The molecule has 0 aliphatic heterocycles. The normalized spacial score (nSPS) is 25.2. The number of ether oxygens (including phenoxy) is 1. The van der Waals surface area contributed by atoms with E-state index in [1.807, 2.05) is 0 Å². The molecule has 1 aliphatic rings. The van der Waals surface area contributed by atoms with E-state index < -0.39 is 16.4 Å². The Morgan fingerprint density at radius 3 is 2.15 bits per heavy atom. The molecule has 1 saturated carbocycles. The Morgan fingerprint density at radius 2 is 1.77 bits per heavy atom. The van der Waals surface area contributed by atoms with Crippen LogP contribution in [0.4, 0.5) is 8.78 Å². The Hall–Kier alpha value is -0.190. The van der Waals surface area contributed by atoms with E-state index in [2.05, 4.69) is 15.9 Å². The van der Waals surface area contributed by atoms with Gasteiger partial charge in [-0.1, -0.05) is 0 Å². The summed E-state index contributed by atoms with van der Waals surface area (Å²) in [4.78, 5) is 10.6. The molecule has 0 amide bonds. The third-order valence-electron chi connectivity index (χ3n) is 2.05. The first kappa shape index (κ1) is 10.9. The monoisotopic (exact) mass is 256 g/mol. The molecule has 0 aromatic heterocycles. The largest absolute Gasteiger partial charge is 0.448 e. The summed E-state index contributed by atoms with van der Waals surface area (Å²) >= 11 is 3.17. The second kappa shape index (κ2) is 3.52. The van der Waals surface area contributed by atoms with Gasteiger partial charge >= 0.3 is 5.97 Å². The van der Waals surface area contributed by atoms with E-state index in [-0.39, 0.29) is 25.7 Å². The van der Waals surface area contributed by atoms with Crippen LogP contribution in [-0.2, 0) is 9.53 Å². The number of esters is 1. The molecule has 0 atom stereocenters. The van der Waals surface area contributed by atoms with Gasteiger partial charge < -0.3 is 4.74 Å². The van der Waals surface area contributed by atoms with Crippen molar-refractivity contribution in [1.29, 1.82) is 0 Å². The average Bonchev–Trinajstić information content (AvgIpc) is 1.95. The molecule has 5 heteroatoms. The molecular weight excluding hydrogens is 246 g/mol. The SMILES string of the molecule is CC(=O)OC1(Br)CCC(F)(F)CC1. The van der Waals surface area contributed by atoms with Crippen molar-refractivity contribution in [3.05, 3.63) is 0 Å². The van der Waals surface area contributed by atoms with Crippen LogP contribution in [-0.4, -0.2) is 16.4 Å². The second-order valence-corrected chi connectivity index (χ2v) is 4.78. The fourth-order valence-corrected chi connectivity index (χ4v) is 1.97. The number of carbonyl (C=O) groups excluding carboxylic acids is 1. The lowest BCUT2D eigenvalue weighted by molar-refractivity contribution is -0.155. The maximum absolute atomic E-state index is 12.7. The van der Waals surface area contributed by atoms with Crippen molar-refractivity contribution >= 4 is 21.9 Å². The first-order valence-electron chi connectivity index (χ1n) is 4.09. The second-order valence-electron chi connectivity index (χ2n) is 3.33. The molecule has 0 saturated heterocycles. The van der Waals surface area contributed by atoms with Crippen LogP contribution in [0.2, 0.25) is 0 Å². The van der Waals surface area contributed by atoms with Gasteiger partial charge in [0.1, 0.15) is 0 Å². The molecule has 0 bridgehead atoms. The standard InChI is InChI=1S/C8H11BrF2O2/c1-6(12)13-7(9)2-4-8(10,11)5-3-7/h2-5H2,1H3. The van der Waals surface area contributed by atoms with Gasteiger partial charge in [-0.15, -0.1) is 0 Å². The van der Waals surface area contributed by atoms with Gasteiger partial charge in [0.25, 0.3) is 0 Å². The fourth-order valence-electron chi connectivity index (χ4n) is 1.35. The van der Waals surface area contributed by atoms with Crippen LogP contribution in [0.1, 0.15) is 32.6 Å². The summed E-state index contributed by atoms with van der Waals surface area (Å²) in [5, 5.41) is 0.